The number of nitrogens with zero attached hydrogens (tertiary/aromatic N) is 4. The van der Waals surface area contributed by atoms with Crippen molar-refractivity contribution in [3.63, 3.8) is 0 Å². The van der Waals surface area contributed by atoms with Crippen LogP contribution in [0.3, 0.4) is 0 Å². The molecule has 2 heterocycles. The van der Waals surface area contributed by atoms with Gasteiger partial charge in [0.05, 0.1) is 12.2 Å². The van der Waals surface area contributed by atoms with Crippen LogP contribution in [0.2, 0.25) is 0 Å². The summed E-state index contributed by atoms with van der Waals surface area (Å²) in [5, 5.41) is 4.36. The van der Waals surface area contributed by atoms with Crippen LogP contribution in [0.5, 0.6) is 0 Å². The molecule has 10 heteroatoms. The highest BCUT2D eigenvalue weighted by atomic mass is 16.6. The molecule has 2 N–H and O–H groups in total. The van der Waals surface area contributed by atoms with Crippen molar-refractivity contribution in [1.29, 1.82) is 0 Å². The van der Waals surface area contributed by atoms with Crippen LogP contribution in [0.25, 0.3) is 17.1 Å². The van der Waals surface area contributed by atoms with E-state index in [0.717, 1.165) is 11.3 Å². The number of rotatable bonds is 5. The third-order valence-corrected chi connectivity index (χ3v) is 5.33. The molecule has 1 saturated heterocycles. The van der Waals surface area contributed by atoms with E-state index in [1.165, 1.54) is 4.90 Å². The molecule has 1 aromatic heterocycles. The first kappa shape index (κ1) is 21.8. The van der Waals surface area contributed by atoms with Crippen molar-refractivity contribution in [2.45, 2.75) is 0 Å². The zero-order valence-corrected chi connectivity index (χ0v) is 18.4. The molecule has 35 heavy (non-hydrogen) atoms. The molecular formula is C25H20N6O4. The van der Waals surface area contributed by atoms with Gasteiger partial charge in [-0.15, -0.1) is 5.10 Å². The van der Waals surface area contributed by atoms with Crippen LogP contribution >= 0.6 is 0 Å². The van der Waals surface area contributed by atoms with E-state index in [0.29, 0.717) is 30.2 Å². The first-order chi connectivity index (χ1) is 17.1. The molecule has 0 saturated carbocycles. The number of anilines is 1. The van der Waals surface area contributed by atoms with Crippen LogP contribution < -0.4 is 15.8 Å². The Morgan fingerprint density at radius 2 is 1.46 bits per heavy atom. The minimum atomic E-state index is -0.665. The lowest BCUT2D eigenvalue weighted by Gasteiger charge is -2.13. The Morgan fingerprint density at radius 1 is 0.800 bits per heavy atom. The Kier molecular flexibility index (Phi) is 5.91. The van der Waals surface area contributed by atoms with E-state index < -0.39 is 17.9 Å². The predicted molar refractivity (Wildman–Crippen MR) is 127 cm³/mol. The second-order valence-electron chi connectivity index (χ2n) is 7.59. The van der Waals surface area contributed by atoms with Crippen molar-refractivity contribution >= 4 is 23.6 Å². The molecule has 0 unspecified atom stereocenters. The monoisotopic (exact) mass is 468 g/mol. The predicted octanol–water partition coefficient (Wildman–Crippen LogP) is 2.97. The molecule has 3 aromatic carbocycles. The van der Waals surface area contributed by atoms with E-state index in [4.69, 9.17) is 4.74 Å². The van der Waals surface area contributed by atoms with Gasteiger partial charge in [0.15, 0.2) is 5.82 Å². The number of ether oxygens (including phenoxy) is 1. The number of cyclic esters (lactones) is 1. The molecule has 0 bridgehead atoms. The van der Waals surface area contributed by atoms with Gasteiger partial charge in [0.25, 0.3) is 5.91 Å². The molecule has 0 radical (unpaired) electrons. The minimum Gasteiger partial charge on any atom is -0.447 e. The molecule has 10 nitrogen and oxygen atoms in total. The number of hydrazine groups is 1. The van der Waals surface area contributed by atoms with Gasteiger partial charge < -0.3 is 4.74 Å². The van der Waals surface area contributed by atoms with Crippen molar-refractivity contribution in [2.24, 2.45) is 0 Å². The molecule has 3 amide bonds. The van der Waals surface area contributed by atoms with Crippen LogP contribution in [0, 0.1) is 0 Å². The van der Waals surface area contributed by atoms with Crippen molar-refractivity contribution < 1.29 is 19.1 Å². The third kappa shape index (κ3) is 4.58. The quantitative estimate of drug-likeness (QED) is 0.435. The Labute approximate surface area is 200 Å². The van der Waals surface area contributed by atoms with E-state index in [9.17, 15) is 14.4 Å². The van der Waals surface area contributed by atoms with Gasteiger partial charge in [0, 0.05) is 16.8 Å². The number of hydrogen-bond acceptors (Lipinski definition) is 6. The Bertz CT molecular complexity index is 1310. The maximum Gasteiger partial charge on any atom is 0.414 e. The summed E-state index contributed by atoms with van der Waals surface area (Å²) in [4.78, 5) is 42.8. The van der Waals surface area contributed by atoms with Gasteiger partial charge in [0.1, 0.15) is 6.61 Å². The van der Waals surface area contributed by atoms with E-state index in [-0.39, 0.29) is 5.82 Å². The fourth-order valence-corrected chi connectivity index (χ4v) is 3.59. The molecule has 174 valence electrons. The summed E-state index contributed by atoms with van der Waals surface area (Å²) in [6.45, 7) is 0.779. The number of amides is 3. The molecule has 1 aliphatic heterocycles. The van der Waals surface area contributed by atoms with Crippen LogP contribution in [0.1, 0.15) is 21.0 Å². The highest BCUT2D eigenvalue weighted by Gasteiger charge is 2.24. The normalized spacial score (nSPS) is 12.8. The first-order valence-corrected chi connectivity index (χ1v) is 10.8. The lowest BCUT2D eigenvalue weighted by atomic mass is 10.2. The lowest BCUT2D eigenvalue weighted by Crippen LogP contribution is -2.42. The minimum absolute atomic E-state index is 0.101. The molecule has 4 aromatic rings. The third-order valence-electron chi connectivity index (χ3n) is 5.33. The maximum absolute atomic E-state index is 12.8. The second kappa shape index (κ2) is 9.48. The fraction of sp³-hybridized carbons (Fsp3) is 0.0800. The highest BCUT2D eigenvalue weighted by Crippen LogP contribution is 2.21. The summed E-state index contributed by atoms with van der Waals surface area (Å²) in [7, 11) is 0. The van der Waals surface area contributed by atoms with E-state index >= 15 is 0 Å². The summed E-state index contributed by atoms with van der Waals surface area (Å²) in [6.07, 6.45) is -0.424. The number of benzene rings is 3. The van der Waals surface area contributed by atoms with Gasteiger partial charge in [-0.1, -0.05) is 48.5 Å². The molecule has 0 aliphatic carbocycles. The SMILES string of the molecule is O=C(NNC(=O)c1nc(-c2ccccc2)n(-c2ccccc2)n1)c1ccc(N2CCOC2=O)cc1. The van der Waals surface area contributed by atoms with Crippen LogP contribution in [-0.2, 0) is 4.74 Å². The largest absolute Gasteiger partial charge is 0.447 e. The topological polar surface area (TPSA) is 118 Å². The summed E-state index contributed by atoms with van der Waals surface area (Å²) in [5.41, 5.74) is 7.17. The molecule has 1 fully saturated rings. The Morgan fingerprint density at radius 3 is 2.11 bits per heavy atom. The maximum atomic E-state index is 12.8. The van der Waals surface area contributed by atoms with Gasteiger partial charge in [0.2, 0.25) is 5.82 Å². The zero-order valence-electron chi connectivity index (χ0n) is 18.4. The van der Waals surface area contributed by atoms with Crippen LogP contribution in [0.15, 0.2) is 84.9 Å². The summed E-state index contributed by atoms with van der Waals surface area (Å²) < 4.78 is 6.50. The van der Waals surface area contributed by atoms with E-state index in [2.05, 4.69) is 20.9 Å². The van der Waals surface area contributed by atoms with Gasteiger partial charge in [-0.25, -0.2) is 14.5 Å². The van der Waals surface area contributed by atoms with Crippen molar-refractivity contribution in [3.05, 3.63) is 96.3 Å². The second-order valence-corrected chi connectivity index (χ2v) is 7.59. The number of para-hydroxylation sites is 1. The smallest absolute Gasteiger partial charge is 0.414 e. The molecular weight excluding hydrogens is 448 g/mol. The van der Waals surface area contributed by atoms with Gasteiger partial charge in [-0.05, 0) is 36.4 Å². The zero-order chi connectivity index (χ0) is 24.2. The standard InChI is InChI=1S/C25H20N6O4/c32-23(18-11-13-19(14-12-18)30-15-16-35-25(30)34)27-28-24(33)21-26-22(17-7-3-1-4-8-17)31(29-21)20-9-5-2-6-10-20/h1-14H,15-16H2,(H,27,32)(H,28,33). The number of hydrogen-bond donors (Lipinski definition) is 2. The summed E-state index contributed by atoms with van der Waals surface area (Å²) in [6, 6.07) is 25.1. The lowest BCUT2D eigenvalue weighted by molar-refractivity contribution is 0.0841. The van der Waals surface area contributed by atoms with E-state index in [1.54, 1.807) is 28.9 Å². The Hall–Kier alpha value is -4.99. The van der Waals surface area contributed by atoms with Gasteiger partial charge in [-0.2, -0.15) is 0 Å². The number of carbonyl (C=O) groups is 3. The Balaban J connectivity index is 1.30. The highest BCUT2D eigenvalue weighted by molar-refractivity contribution is 5.98. The van der Waals surface area contributed by atoms with Crippen LogP contribution in [0.4, 0.5) is 10.5 Å². The van der Waals surface area contributed by atoms with Gasteiger partial charge in [-0.3, -0.25) is 25.3 Å². The first-order valence-electron chi connectivity index (χ1n) is 10.8. The van der Waals surface area contributed by atoms with Crippen molar-refractivity contribution in [2.75, 3.05) is 18.1 Å². The summed E-state index contributed by atoms with van der Waals surface area (Å²) >= 11 is 0. The van der Waals surface area contributed by atoms with E-state index in [1.807, 2.05) is 60.7 Å². The molecule has 1 aliphatic rings. The van der Waals surface area contributed by atoms with Crippen molar-refractivity contribution in [1.82, 2.24) is 25.6 Å². The van der Waals surface area contributed by atoms with Gasteiger partial charge >= 0.3 is 12.0 Å². The molecule has 0 atom stereocenters. The summed E-state index contributed by atoms with van der Waals surface area (Å²) in [5.74, 6) is -0.804. The molecule has 5 rings (SSSR count). The van der Waals surface area contributed by atoms with Crippen LogP contribution in [-0.4, -0.2) is 45.8 Å². The average Bonchev–Trinajstić information content (AvgIpc) is 3.55. The number of aromatic nitrogens is 3. The fourth-order valence-electron chi connectivity index (χ4n) is 3.59. The average molecular weight is 468 g/mol. The number of nitrogens with one attached hydrogen (secondary N) is 2. The molecule has 0 spiro atoms. The van der Waals surface area contributed by atoms with Crippen molar-refractivity contribution in [3.8, 4) is 17.1 Å². The number of carbonyl (C=O) groups excluding carboxylic acids is 3.